The van der Waals surface area contributed by atoms with Gasteiger partial charge in [-0.25, -0.2) is 4.98 Å². The van der Waals surface area contributed by atoms with Gasteiger partial charge in [-0.1, -0.05) is 23.2 Å². The second-order valence-corrected chi connectivity index (χ2v) is 5.17. The summed E-state index contributed by atoms with van der Waals surface area (Å²) in [5.74, 6) is -0.915. The molecule has 0 saturated carbocycles. The van der Waals surface area contributed by atoms with E-state index in [1.165, 1.54) is 17.0 Å². The van der Waals surface area contributed by atoms with Crippen LogP contribution in [0.15, 0.2) is 12.1 Å². The van der Waals surface area contributed by atoms with E-state index in [0.29, 0.717) is 13.0 Å². The Morgan fingerprint density at radius 2 is 2.05 bits per heavy atom. The third-order valence-corrected chi connectivity index (χ3v) is 3.62. The van der Waals surface area contributed by atoms with Crippen LogP contribution in [-0.4, -0.2) is 34.3 Å². The number of carbonyl (C=O) groups is 2. The van der Waals surface area contributed by atoms with Crippen molar-refractivity contribution in [2.24, 2.45) is 5.73 Å². The Balaban J connectivity index is 2.31. The Labute approximate surface area is 120 Å². The number of likely N-dealkylation sites (tertiary alicyclic amines) is 1. The van der Waals surface area contributed by atoms with Gasteiger partial charge in [-0.2, -0.15) is 0 Å². The lowest BCUT2D eigenvalue weighted by Crippen LogP contribution is -2.50. The second kappa shape index (κ2) is 5.75. The van der Waals surface area contributed by atoms with E-state index in [4.69, 9.17) is 28.9 Å². The molecule has 0 aromatic carbocycles. The van der Waals surface area contributed by atoms with E-state index in [0.717, 1.165) is 12.8 Å². The molecule has 0 spiro atoms. The van der Waals surface area contributed by atoms with Crippen LogP contribution in [0.2, 0.25) is 10.2 Å². The fourth-order valence-corrected chi connectivity index (χ4v) is 2.51. The van der Waals surface area contributed by atoms with E-state index in [1.807, 2.05) is 0 Å². The molecular formula is C12H13Cl2N3O2. The molecular weight excluding hydrogens is 289 g/mol. The molecule has 0 radical (unpaired) electrons. The molecule has 2 amide bonds. The number of rotatable bonds is 2. The average Bonchev–Trinajstić information content (AvgIpc) is 2.40. The lowest BCUT2D eigenvalue weighted by Gasteiger charge is -2.33. The van der Waals surface area contributed by atoms with Crippen LogP contribution in [0.3, 0.4) is 0 Å². The number of amides is 2. The Hall–Kier alpha value is -1.33. The van der Waals surface area contributed by atoms with Crippen LogP contribution >= 0.6 is 23.2 Å². The Kier molecular flexibility index (Phi) is 4.27. The highest BCUT2D eigenvalue weighted by atomic mass is 35.5. The van der Waals surface area contributed by atoms with Crippen molar-refractivity contribution in [2.45, 2.75) is 25.3 Å². The molecule has 19 heavy (non-hydrogen) atoms. The van der Waals surface area contributed by atoms with Crippen molar-refractivity contribution in [2.75, 3.05) is 6.54 Å². The standard InChI is InChI=1S/C12H13Cl2N3O2/c13-7-4-5-9(14)16-10(7)12(19)17-6-2-1-3-8(17)11(15)18/h4-5,8H,1-3,6H2,(H2,15,18). The number of hydrogen-bond acceptors (Lipinski definition) is 3. The van der Waals surface area contributed by atoms with E-state index >= 15 is 0 Å². The van der Waals surface area contributed by atoms with Gasteiger partial charge in [0.05, 0.1) is 5.02 Å². The first-order chi connectivity index (χ1) is 9.00. The lowest BCUT2D eigenvalue weighted by molar-refractivity contribution is -0.123. The molecule has 1 aromatic heterocycles. The Morgan fingerprint density at radius 1 is 1.32 bits per heavy atom. The summed E-state index contributed by atoms with van der Waals surface area (Å²) in [6, 6.07) is 2.41. The Bertz CT molecular complexity index is 522. The molecule has 0 aliphatic carbocycles. The number of halogens is 2. The molecule has 1 saturated heterocycles. The quantitative estimate of drug-likeness (QED) is 0.847. The number of piperidine rings is 1. The molecule has 1 aliphatic heterocycles. The summed E-state index contributed by atoms with van der Waals surface area (Å²) in [6.07, 6.45) is 2.26. The summed E-state index contributed by atoms with van der Waals surface area (Å²) in [4.78, 5) is 29.2. The van der Waals surface area contributed by atoms with E-state index in [2.05, 4.69) is 4.98 Å². The summed E-state index contributed by atoms with van der Waals surface area (Å²) < 4.78 is 0. The van der Waals surface area contributed by atoms with E-state index in [1.54, 1.807) is 0 Å². The van der Waals surface area contributed by atoms with E-state index in [9.17, 15) is 9.59 Å². The minimum atomic E-state index is -0.599. The predicted octanol–water partition coefficient (Wildman–Crippen LogP) is 1.87. The molecule has 1 unspecified atom stereocenters. The molecule has 1 fully saturated rings. The monoisotopic (exact) mass is 301 g/mol. The van der Waals surface area contributed by atoms with Crippen LogP contribution in [0.25, 0.3) is 0 Å². The number of primary amides is 1. The molecule has 7 heteroatoms. The predicted molar refractivity (Wildman–Crippen MR) is 72.1 cm³/mol. The summed E-state index contributed by atoms with van der Waals surface area (Å²) in [5.41, 5.74) is 5.39. The van der Waals surface area contributed by atoms with Gasteiger partial charge in [-0.05, 0) is 31.4 Å². The first kappa shape index (κ1) is 14.1. The molecule has 1 aliphatic rings. The van der Waals surface area contributed by atoms with Crippen molar-refractivity contribution in [3.8, 4) is 0 Å². The number of pyridine rings is 1. The molecule has 0 bridgehead atoms. The van der Waals surface area contributed by atoms with Crippen LogP contribution in [0, 0.1) is 0 Å². The Morgan fingerprint density at radius 3 is 2.74 bits per heavy atom. The average molecular weight is 302 g/mol. The molecule has 1 aromatic rings. The summed E-state index contributed by atoms with van der Waals surface area (Å²) in [7, 11) is 0. The maximum absolute atomic E-state index is 12.4. The number of nitrogens with two attached hydrogens (primary N) is 1. The molecule has 2 heterocycles. The zero-order valence-corrected chi connectivity index (χ0v) is 11.6. The fourth-order valence-electron chi connectivity index (χ4n) is 2.17. The first-order valence-corrected chi connectivity index (χ1v) is 6.68. The van der Waals surface area contributed by atoms with Crippen LogP contribution in [0.4, 0.5) is 0 Å². The van der Waals surface area contributed by atoms with Gasteiger partial charge in [-0.3, -0.25) is 9.59 Å². The van der Waals surface area contributed by atoms with Crippen molar-refractivity contribution in [1.82, 2.24) is 9.88 Å². The van der Waals surface area contributed by atoms with Gasteiger partial charge in [0, 0.05) is 6.54 Å². The van der Waals surface area contributed by atoms with Gasteiger partial charge in [-0.15, -0.1) is 0 Å². The minimum absolute atomic E-state index is 0.0577. The van der Waals surface area contributed by atoms with Gasteiger partial charge in [0.2, 0.25) is 5.91 Å². The van der Waals surface area contributed by atoms with Crippen molar-refractivity contribution >= 4 is 35.0 Å². The molecule has 2 N–H and O–H groups in total. The third kappa shape index (κ3) is 2.98. The zero-order chi connectivity index (χ0) is 14.0. The topological polar surface area (TPSA) is 76.3 Å². The maximum Gasteiger partial charge on any atom is 0.274 e. The van der Waals surface area contributed by atoms with E-state index in [-0.39, 0.29) is 15.9 Å². The van der Waals surface area contributed by atoms with Crippen LogP contribution in [0.1, 0.15) is 29.8 Å². The van der Waals surface area contributed by atoms with Gasteiger partial charge in [0.15, 0.2) is 0 Å². The zero-order valence-electron chi connectivity index (χ0n) is 10.1. The third-order valence-electron chi connectivity index (χ3n) is 3.11. The van der Waals surface area contributed by atoms with Crippen LogP contribution in [0.5, 0.6) is 0 Å². The first-order valence-electron chi connectivity index (χ1n) is 5.93. The molecule has 2 rings (SSSR count). The summed E-state index contributed by atoms with van der Waals surface area (Å²) >= 11 is 11.7. The lowest BCUT2D eigenvalue weighted by atomic mass is 10.0. The number of nitrogens with zero attached hydrogens (tertiary/aromatic N) is 2. The van der Waals surface area contributed by atoms with Gasteiger partial charge in [0.1, 0.15) is 16.9 Å². The summed E-state index contributed by atoms with van der Waals surface area (Å²) in [6.45, 7) is 0.469. The van der Waals surface area contributed by atoms with Crippen molar-refractivity contribution < 1.29 is 9.59 Å². The van der Waals surface area contributed by atoms with Crippen LogP contribution < -0.4 is 5.73 Å². The number of carbonyl (C=O) groups excluding carboxylic acids is 2. The minimum Gasteiger partial charge on any atom is -0.368 e. The van der Waals surface area contributed by atoms with Crippen LogP contribution in [-0.2, 0) is 4.79 Å². The normalized spacial score (nSPS) is 19.3. The largest absolute Gasteiger partial charge is 0.368 e. The number of aromatic nitrogens is 1. The van der Waals surface area contributed by atoms with Crippen molar-refractivity contribution in [3.63, 3.8) is 0 Å². The highest BCUT2D eigenvalue weighted by Crippen LogP contribution is 2.23. The fraction of sp³-hybridized carbons (Fsp3) is 0.417. The van der Waals surface area contributed by atoms with Gasteiger partial charge in [0.25, 0.3) is 5.91 Å². The molecule has 102 valence electrons. The number of hydrogen-bond donors (Lipinski definition) is 1. The highest BCUT2D eigenvalue weighted by molar-refractivity contribution is 6.34. The SMILES string of the molecule is NC(=O)C1CCCCN1C(=O)c1nc(Cl)ccc1Cl. The highest BCUT2D eigenvalue weighted by Gasteiger charge is 2.32. The van der Waals surface area contributed by atoms with Gasteiger partial charge >= 0.3 is 0 Å². The smallest absolute Gasteiger partial charge is 0.274 e. The maximum atomic E-state index is 12.4. The second-order valence-electron chi connectivity index (χ2n) is 4.38. The molecule has 5 nitrogen and oxygen atoms in total. The van der Waals surface area contributed by atoms with E-state index < -0.39 is 17.9 Å². The summed E-state index contributed by atoms with van der Waals surface area (Å²) in [5, 5.41) is 0.392. The van der Waals surface area contributed by atoms with Crippen molar-refractivity contribution in [1.29, 1.82) is 0 Å². The van der Waals surface area contributed by atoms with Gasteiger partial charge < -0.3 is 10.6 Å². The van der Waals surface area contributed by atoms with Crippen molar-refractivity contribution in [3.05, 3.63) is 28.0 Å². The molecule has 1 atom stereocenters.